The number of rotatable bonds is 1. The van der Waals surface area contributed by atoms with E-state index >= 15 is 0 Å². The molecule has 2 heterocycles. The van der Waals surface area contributed by atoms with Gasteiger partial charge in [-0.05, 0) is 25.8 Å². The van der Waals surface area contributed by atoms with Crippen LogP contribution in [0.5, 0.6) is 0 Å². The van der Waals surface area contributed by atoms with Gasteiger partial charge in [-0.15, -0.1) is 0 Å². The van der Waals surface area contributed by atoms with E-state index in [1.165, 1.54) is 12.8 Å². The molecule has 0 spiro atoms. The Kier molecular flexibility index (Phi) is 3.65. The molecule has 0 aromatic carbocycles. The number of nitrogens with zero attached hydrogens (tertiary/aromatic N) is 1. The maximum Gasteiger partial charge on any atom is 0.161 e. The molecule has 3 heteroatoms. The van der Waals surface area contributed by atoms with Crippen molar-refractivity contribution in [3.8, 4) is 0 Å². The second-order valence-electron chi connectivity index (χ2n) is 5.13. The monoisotopic (exact) mass is 213 g/mol. The molecule has 2 aliphatic rings. The molecule has 0 aromatic rings. The van der Waals surface area contributed by atoms with Gasteiger partial charge in [0.05, 0.1) is 6.61 Å². The summed E-state index contributed by atoms with van der Waals surface area (Å²) in [7, 11) is 2.21. The van der Waals surface area contributed by atoms with Crippen molar-refractivity contribution in [2.24, 2.45) is 11.8 Å². The summed E-state index contributed by atoms with van der Waals surface area (Å²) in [6.45, 7) is 7.31. The van der Waals surface area contributed by atoms with E-state index in [1.807, 2.05) is 0 Å². The zero-order valence-electron chi connectivity index (χ0n) is 10.1. The van der Waals surface area contributed by atoms with Crippen LogP contribution >= 0.6 is 0 Å². The second kappa shape index (κ2) is 4.81. The molecular weight excluding hydrogens is 190 g/mol. The lowest BCUT2D eigenvalue weighted by atomic mass is 9.84. The number of likely N-dealkylation sites (N-methyl/N-ethyl adjacent to an activating group) is 1. The van der Waals surface area contributed by atoms with Gasteiger partial charge in [0.25, 0.3) is 0 Å². The van der Waals surface area contributed by atoms with Gasteiger partial charge in [0.1, 0.15) is 0 Å². The van der Waals surface area contributed by atoms with E-state index in [1.54, 1.807) is 0 Å². The van der Waals surface area contributed by atoms with Crippen LogP contribution in [0.4, 0.5) is 0 Å². The Morgan fingerprint density at radius 1 is 1.20 bits per heavy atom. The zero-order valence-corrected chi connectivity index (χ0v) is 10.1. The first-order valence-corrected chi connectivity index (χ1v) is 6.13. The van der Waals surface area contributed by atoms with Crippen LogP contribution in [0, 0.1) is 11.8 Å². The Morgan fingerprint density at radius 3 is 2.67 bits per heavy atom. The molecule has 0 amide bonds. The quantitative estimate of drug-likeness (QED) is 0.662. The third-order valence-electron chi connectivity index (χ3n) is 3.67. The number of hydrogen-bond acceptors (Lipinski definition) is 3. The molecule has 88 valence electrons. The van der Waals surface area contributed by atoms with Crippen molar-refractivity contribution in [1.82, 2.24) is 4.90 Å². The van der Waals surface area contributed by atoms with E-state index in [-0.39, 0.29) is 6.29 Å². The topological polar surface area (TPSA) is 21.7 Å². The molecule has 0 aliphatic carbocycles. The molecule has 3 unspecified atom stereocenters. The van der Waals surface area contributed by atoms with Crippen LogP contribution in [-0.2, 0) is 9.47 Å². The number of hydrogen-bond donors (Lipinski definition) is 0. The van der Waals surface area contributed by atoms with Crippen LogP contribution in [0.3, 0.4) is 0 Å². The van der Waals surface area contributed by atoms with Gasteiger partial charge < -0.3 is 14.4 Å². The number of fused-ring (bicyclic) bond motifs is 1. The summed E-state index contributed by atoms with van der Waals surface area (Å²) < 4.78 is 11.5. The van der Waals surface area contributed by atoms with Crippen LogP contribution < -0.4 is 0 Å². The van der Waals surface area contributed by atoms with Gasteiger partial charge in [-0.2, -0.15) is 0 Å². The van der Waals surface area contributed by atoms with E-state index in [4.69, 9.17) is 9.47 Å². The lowest BCUT2D eigenvalue weighted by Gasteiger charge is -2.39. The summed E-state index contributed by atoms with van der Waals surface area (Å²) >= 11 is 0. The van der Waals surface area contributed by atoms with Crippen molar-refractivity contribution in [3.05, 3.63) is 0 Å². The van der Waals surface area contributed by atoms with E-state index in [0.717, 1.165) is 19.8 Å². The molecule has 0 bridgehead atoms. The largest absolute Gasteiger partial charge is 0.352 e. The van der Waals surface area contributed by atoms with Crippen LogP contribution in [0.15, 0.2) is 0 Å². The van der Waals surface area contributed by atoms with Crippen LogP contribution in [0.2, 0.25) is 0 Å². The predicted octanol–water partition coefficient (Wildman–Crippen LogP) is 1.73. The van der Waals surface area contributed by atoms with Crippen LogP contribution in [0.1, 0.15) is 26.7 Å². The smallest absolute Gasteiger partial charge is 0.161 e. The van der Waals surface area contributed by atoms with Gasteiger partial charge >= 0.3 is 0 Å². The van der Waals surface area contributed by atoms with Crippen molar-refractivity contribution in [2.75, 3.05) is 26.8 Å². The third-order valence-corrected chi connectivity index (χ3v) is 3.67. The Hall–Kier alpha value is -0.120. The second-order valence-corrected chi connectivity index (χ2v) is 5.13. The van der Waals surface area contributed by atoms with E-state index in [2.05, 4.69) is 25.8 Å². The zero-order chi connectivity index (χ0) is 10.8. The molecule has 2 fully saturated rings. The highest BCUT2D eigenvalue weighted by Gasteiger charge is 2.38. The fourth-order valence-electron chi connectivity index (χ4n) is 3.07. The molecule has 15 heavy (non-hydrogen) atoms. The van der Waals surface area contributed by atoms with E-state index < -0.39 is 0 Å². The molecule has 3 nitrogen and oxygen atoms in total. The fraction of sp³-hybridized carbons (Fsp3) is 1.00. The fourth-order valence-corrected chi connectivity index (χ4v) is 3.07. The summed E-state index contributed by atoms with van der Waals surface area (Å²) in [5.74, 6) is 1.23. The van der Waals surface area contributed by atoms with E-state index in [0.29, 0.717) is 17.9 Å². The number of ether oxygens (including phenoxy) is 2. The van der Waals surface area contributed by atoms with Crippen LogP contribution in [0.25, 0.3) is 0 Å². The highest BCUT2D eigenvalue weighted by molar-refractivity contribution is 4.86. The average molecular weight is 213 g/mol. The van der Waals surface area contributed by atoms with Crippen molar-refractivity contribution < 1.29 is 9.47 Å². The Morgan fingerprint density at radius 2 is 1.93 bits per heavy atom. The summed E-state index contributed by atoms with van der Waals surface area (Å²) in [5.41, 5.74) is 0. The van der Waals surface area contributed by atoms with Crippen LogP contribution in [-0.4, -0.2) is 44.0 Å². The first-order valence-electron chi connectivity index (χ1n) is 6.13. The van der Waals surface area contributed by atoms with Crippen molar-refractivity contribution in [2.45, 2.75) is 39.0 Å². The maximum absolute atomic E-state index is 5.79. The van der Waals surface area contributed by atoms with Gasteiger partial charge in [-0.1, -0.05) is 13.8 Å². The van der Waals surface area contributed by atoms with Gasteiger partial charge in [-0.3, -0.25) is 0 Å². The SMILES string of the molecule is CC(C)C1C2CCCOC2OCCN1C. The molecular formula is C12H23NO2. The summed E-state index contributed by atoms with van der Waals surface area (Å²) in [6, 6.07) is 0.609. The molecule has 2 saturated heterocycles. The third kappa shape index (κ3) is 2.35. The summed E-state index contributed by atoms with van der Waals surface area (Å²) in [6.07, 6.45) is 2.48. The first kappa shape index (κ1) is 11.4. The minimum absolute atomic E-state index is 0.0519. The standard InChI is InChI=1S/C12H23NO2/c1-9(2)11-10-5-4-7-14-12(10)15-8-6-13(11)3/h9-12H,4-8H2,1-3H3. The Bertz CT molecular complexity index is 208. The normalized spacial score (nSPS) is 38.8. The molecule has 0 aromatic heterocycles. The first-order chi connectivity index (χ1) is 7.20. The predicted molar refractivity (Wildman–Crippen MR) is 59.7 cm³/mol. The summed E-state index contributed by atoms with van der Waals surface area (Å²) in [5, 5.41) is 0. The Balaban J connectivity index is 2.14. The molecule has 0 N–H and O–H groups in total. The lowest BCUT2D eigenvalue weighted by molar-refractivity contribution is -0.191. The van der Waals surface area contributed by atoms with Crippen molar-refractivity contribution >= 4 is 0 Å². The summed E-state index contributed by atoms with van der Waals surface area (Å²) in [4.78, 5) is 2.45. The van der Waals surface area contributed by atoms with Gasteiger partial charge in [0, 0.05) is 25.1 Å². The van der Waals surface area contributed by atoms with Gasteiger partial charge in [0.2, 0.25) is 0 Å². The lowest BCUT2D eigenvalue weighted by Crippen LogP contribution is -2.46. The maximum atomic E-state index is 5.79. The van der Waals surface area contributed by atoms with Gasteiger partial charge in [-0.25, -0.2) is 0 Å². The average Bonchev–Trinajstić information content (AvgIpc) is 2.35. The minimum atomic E-state index is 0.0519. The van der Waals surface area contributed by atoms with Crippen molar-refractivity contribution in [3.63, 3.8) is 0 Å². The molecule has 0 saturated carbocycles. The molecule has 2 aliphatic heterocycles. The Labute approximate surface area is 92.7 Å². The minimum Gasteiger partial charge on any atom is -0.352 e. The van der Waals surface area contributed by atoms with Gasteiger partial charge in [0.15, 0.2) is 6.29 Å². The molecule has 0 radical (unpaired) electrons. The van der Waals surface area contributed by atoms with E-state index in [9.17, 15) is 0 Å². The van der Waals surface area contributed by atoms with Crippen molar-refractivity contribution in [1.29, 1.82) is 0 Å². The highest BCUT2D eigenvalue weighted by atomic mass is 16.7. The molecule has 3 atom stereocenters. The highest BCUT2D eigenvalue weighted by Crippen LogP contribution is 2.32. The molecule has 2 rings (SSSR count).